The first kappa shape index (κ1) is 27.7. The molecule has 1 N–H and O–H groups in total. The first-order chi connectivity index (χ1) is 17.8. The molecule has 4 nitrogen and oxygen atoms in total. The molecule has 1 aromatic heterocycles. The summed E-state index contributed by atoms with van der Waals surface area (Å²) in [5.74, 6) is -1.25. The van der Waals surface area contributed by atoms with Crippen molar-refractivity contribution in [2.24, 2.45) is 0 Å². The number of pyridine rings is 1. The molecule has 1 aliphatic rings. The minimum atomic E-state index is -4.94. The van der Waals surface area contributed by atoms with E-state index in [9.17, 15) is 35.5 Å². The monoisotopic (exact) mass is 559 g/mol. The predicted octanol–water partition coefficient (Wildman–Crippen LogP) is 7.12. The summed E-state index contributed by atoms with van der Waals surface area (Å²) in [6.45, 7) is -0.220. The number of halogens is 8. The number of likely N-dealkylation sites (tertiary alicyclic amines) is 1. The van der Waals surface area contributed by atoms with Gasteiger partial charge in [0.2, 0.25) is 0 Å². The minimum absolute atomic E-state index is 0.0411. The Labute approximate surface area is 218 Å². The van der Waals surface area contributed by atoms with Crippen molar-refractivity contribution in [3.8, 4) is 0 Å². The number of alkyl halides is 6. The van der Waals surface area contributed by atoms with Gasteiger partial charge >= 0.3 is 18.4 Å². The van der Waals surface area contributed by atoms with E-state index in [4.69, 9.17) is 11.6 Å². The number of hydrogen-bond acceptors (Lipinski definition) is 2. The minimum Gasteiger partial charge on any atom is -0.322 e. The van der Waals surface area contributed by atoms with Crippen LogP contribution in [-0.2, 0) is 18.1 Å². The SMILES string of the molecule is O=C(N[C@@](Cc1ccccc1)(c1cc(F)cc(C(F)(F)F)c1)c1ccc(Cl)cn1)N1CCC[C@@H]1C(F)(F)F. The summed E-state index contributed by atoms with van der Waals surface area (Å²) in [6, 6.07) is 9.43. The lowest BCUT2D eigenvalue weighted by molar-refractivity contribution is -0.169. The summed E-state index contributed by atoms with van der Waals surface area (Å²) in [5.41, 5.74) is -3.22. The number of amides is 2. The van der Waals surface area contributed by atoms with Crippen LogP contribution in [0.25, 0.3) is 0 Å². The highest BCUT2D eigenvalue weighted by molar-refractivity contribution is 6.30. The average Bonchev–Trinajstić information content (AvgIpc) is 3.35. The van der Waals surface area contributed by atoms with Crippen LogP contribution in [0.3, 0.4) is 0 Å². The van der Waals surface area contributed by atoms with Crippen molar-refractivity contribution >= 4 is 17.6 Å². The average molecular weight is 560 g/mol. The van der Waals surface area contributed by atoms with Gasteiger partial charge in [-0.3, -0.25) is 4.98 Å². The molecule has 38 heavy (non-hydrogen) atoms. The van der Waals surface area contributed by atoms with Gasteiger partial charge < -0.3 is 10.2 Å². The van der Waals surface area contributed by atoms with Gasteiger partial charge in [-0.1, -0.05) is 41.9 Å². The molecule has 0 unspecified atom stereocenters. The van der Waals surface area contributed by atoms with E-state index in [2.05, 4.69) is 10.3 Å². The van der Waals surface area contributed by atoms with E-state index in [1.54, 1.807) is 30.3 Å². The van der Waals surface area contributed by atoms with Gasteiger partial charge in [0.1, 0.15) is 17.4 Å². The molecule has 2 atom stereocenters. The topological polar surface area (TPSA) is 45.2 Å². The van der Waals surface area contributed by atoms with E-state index in [0.29, 0.717) is 22.6 Å². The molecule has 1 fully saturated rings. The Kier molecular flexibility index (Phi) is 7.60. The maximum Gasteiger partial charge on any atom is 0.416 e. The number of hydrogen-bond donors (Lipinski definition) is 1. The van der Waals surface area contributed by atoms with Crippen molar-refractivity contribution in [2.45, 2.75) is 43.2 Å². The van der Waals surface area contributed by atoms with Crippen LogP contribution < -0.4 is 5.32 Å². The van der Waals surface area contributed by atoms with Crippen molar-refractivity contribution in [3.63, 3.8) is 0 Å². The molecule has 202 valence electrons. The number of carbonyl (C=O) groups is 1. The normalized spacial score (nSPS) is 17.8. The molecule has 3 aromatic rings. The number of carbonyl (C=O) groups excluding carboxylic acids is 1. The molecule has 2 heterocycles. The summed E-state index contributed by atoms with van der Waals surface area (Å²) < 4.78 is 96.7. The highest BCUT2D eigenvalue weighted by atomic mass is 35.5. The first-order valence-electron chi connectivity index (χ1n) is 11.5. The van der Waals surface area contributed by atoms with Crippen molar-refractivity contribution in [2.75, 3.05) is 6.54 Å². The van der Waals surface area contributed by atoms with Crippen LogP contribution in [0, 0.1) is 5.82 Å². The standard InChI is InChI=1S/C26H21ClF7N3O/c27-19-8-9-21(35-15-19)24(14-16-5-2-1-3-6-16,17-11-18(25(29,30)31)13-20(28)12-17)36-23(38)37-10-4-7-22(37)26(32,33)34/h1-3,5-6,8-9,11-13,15,22H,4,7,10,14H2,(H,36,38)/t22-,24+/m1/s1. The second-order valence-corrected chi connectivity index (χ2v) is 9.42. The first-order valence-corrected chi connectivity index (χ1v) is 11.9. The van der Waals surface area contributed by atoms with Gasteiger partial charge in [0.05, 0.1) is 16.3 Å². The highest BCUT2D eigenvalue weighted by Crippen LogP contribution is 2.39. The summed E-state index contributed by atoms with van der Waals surface area (Å²) in [5, 5.41) is 2.70. The van der Waals surface area contributed by atoms with E-state index < -0.39 is 41.3 Å². The second kappa shape index (κ2) is 10.4. The third-order valence-corrected chi connectivity index (χ3v) is 6.63. The van der Waals surface area contributed by atoms with Crippen molar-refractivity contribution < 1.29 is 35.5 Å². The summed E-state index contributed by atoms with van der Waals surface area (Å²) >= 11 is 5.97. The quantitative estimate of drug-likeness (QED) is 0.339. The van der Waals surface area contributed by atoms with E-state index in [1.165, 1.54) is 18.3 Å². The maximum atomic E-state index is 14.7. The van der Waals surface area contributed by atoms with E-state index >= 15 is 0 Å². The van der Waals surface area contributed by atoms with E-state index in [1.807, 2.05) is 0 Å². The number of urea groups is 1. The molecular weight excluding hydrogens is 539 g/mol. The lowest BCUT2D eigenvalue weighted by Gasteiger charge is -2.38. The molecule has 1 aliphatic heterocycles. The number of nitrogens with zero attached hydrogens (tertiary/aromatic N) is 2. The van der Waals surface area contributed by atoms with Crippen LogP contribution >= 0.6 is 11.6 Å². The fourth-order valence-corrected chi connectivity index (χ4v) is 4.77. The maximum absolute atomic E-state index is 14.7. The molecule has 0 bridgehead atoms. The number of nitrogens with one attached hydrogen (secondary N) is 1. The molecule has 2 amide bonds. The summed E-state index contributed by atoms with van der Waals surface area (Å²) in [4.78, 5) is 18.2. The van der Waals surface area contributed by atoms with Gasteiger partial charge in [-0.05, 0) is 54.3 Å². The van der Waals surface area contributed by atoms with E-state index in [-0.39, 0.29) is 42.1 Å². The van der Waals surface area contributed by atoms with Crippen LogP contribution in [-0.4, -0.2) is 34.7 Å². The van der Waals surface area contributed by atoms with E-state index in [0.717, 1.165) is 6.07 Å². The zero-order chi connectivity index (χ0) is 27.7. The van der Waals surface area contributed by atoms with Crippen molar-refractivity contribution in [1.29, 1.82) is 0 Å². The second-order valence-electron chi connectivity index (χ2n) is 8.98. The lowest BCUT2D eigenvalue weighted by atomic mass is 9.79. The fraction of sp³-hybridized carbons (Fsp3) is 0.308. The predicted molar refractivity (Wildman–Crippen MR) is 126 cm³/mol. The Hall–Kier alpha value is -3.34. The summed E-state index contributed by atoms with van der Waals surface area (Å²) in [6.07, 6.45) is -8.96. The van der Waals surface area contributed by atoms with Gasteiger partial charge in [-0.25, -0.2) is 9.18 Å². The summed E-state index contributed by atoms with van der Waals surface area (Å²) in [7, 11) is 0. The molecule has 0 saturated carbocycles. The molecule has 1 saturated heterocycles. The number of benzene rings is 2. The largest absolute Gasteiger partial charge is 0.416 e. The Morgan fingerprint density at radius 1 is 1.00 bits per heavy atom. The molecule has 12 heteroatoms. The van der Waals surface area contributed by atoms with Crippen LogP contribution in [0.15, 0.2) is 66.9 Å². The van der Waals surface area contributed by atoms with Crippen LogP contribution in [0.4, 0.5) is 35.5 Å². The van der Waals surface area contributed by atoms with Crippen LogP contribution in [0.2, 0.25) is 5.02 Å². The Balaban J connectivity index is 1.93. The van der Waals surface area contributed by atoms with Crippen molar-refractivity contribution in [3.05, 3.63) is 100 Å². The molecule has 2 aromatic carbocycles. The van der Waals surface area contributed by atoms with Gasteiger partial charge in [0, 0.05) is 19.2 Å². The Morgan fingerprint density at radius 2 is 1.68 bits per heavy atom. The molecule has 4 rings (SSSR count). The van der Waals surface area contributed by atoms with Gasteiger partial charge in [0.15, 0.2) is 0 Å². The molecule has 0 aliphatic carbocycles. The van der Waals surface area contributed by atoms with Crippen molar-refractivity contribution in [1.82, 2.24) is 15.2 Å². The zero-order valence-electron chi connectivity index (χ0n) is 19.6. The molecule has 0 radical (unpaired) electrons. The van der Waals surface area contributed by atoms with Crippen LogP contribution in [0.1, 0.15) is 35.2 Å². The Morgan fingerprint density at radius 3 is 2.29 bits per heavy atom. The van der Waals surface area contributed by atoms with Gasteiger partial charge in [-0.15, -0.1) is 0 Å². The van der Waals surface area contributed by atoms with Crippen LogP contribution in [0.5, 0.6) is 0 Å². The highest BCUT2D eigenvalue weighted by Gasteiger charge is 2.50. The van der Waals surface area contributed by atoms with Gasteiger partial charge in [-0.2, -0.15) is 26.3 Å². The lowest BCUT2D eigenvalue weighted by Crippen LogP contribution is -2.56. The third-order valence-electron chi connectivity index (χ3n) is 6.41. The smallest absolute Gasteiger partial charge is 0.322 e. The molecule has 0 spiro atoms. The number of aromatic nitrogens is 1. The zero-order valence-corrected chi connectivity index (χ0v) is 20.3. The fourth-order valence-electron chi connectivity index (χ4n) is 4.66. The third kappa shape index (κ3) is 5.87. The Bertz CT molecular complexity index is 1280. The molecular formula is C26H21ClF7N3O. The number of rotatable bonds is 5. The van der Waals surface area contributed by atoms with Gasteiger partial charge in [0.25, 0.3) is 0 Å².